The van der Waals surface area contributed by atoms with Gasteiger partial charge in [0.2, 0.25) is 0 Å². The van der Waals surface area contributed by atoms with Gasteiger partial charge in [0, 0.05) is 35.1 Å². The van der Waals surface area contributed by atoms with E-state index in [1.54, 1.807) is 11.0 Å². The van der Waals surface area contributed by atoms with Crippen molar-refractivity contribution in [3.05, 3.63) is 81.7 Å². The molecule has 1 aliphatic rings. The predicted molar refractivity (Wildman–Crippen MR) is 142 cm³/mol. The molecule has 0 N–H and O–H groups in total. The van der Waals surface area contributed by atoms with E-state index in [0.29, 0.717) is 30.6 Å². The van der Waals surface area contributed by atoms with Gasteiger partial charge in [-0.1, -0.05) is 24.3 Å². The van der Waals surface area contributed by atoms with Gasteiger partial charge in [0.15, 0.2) is 11.5 Å². The van der Waals surface area contributed by atoms with Crippen LogP contribution in [0.25, 0.3) is 10.9 Å². The van der Waals surface area contributed by atoms with Crippen molar-refractivity contribution in [2.45, 2.75) is 37.9 Å². The second kappa shape index (κ2) is 10.2. The largest absolute Gasteiger partial charge is 0.534 e. The number of hydrogen-bond donors (Lipinski definition) is 0. The number of nitrogens with zero attached hydrogens (tertiary/aromatic N) is 2. The Morgan fingerprint density at radius 2 is 1.90 bits per heavy atom. The molecule has 1 amide bonds. The molecular weight excluding hydrogens is 553 g/mol. The summed E-state index contributed by atoms with van der Waals surface area (Å²) in [6.07, 6.45) is 2.77. The highest BCUT2D eigenvalue weighted by molar-refractivity contribution is 7.88. The van der Waals surface area contributed by atoms with Crippen LogP contribution in [0, 0.1) is 0 Å². The van der Waals surface area contributed by atoms with Crippen LogP contribution in [0.15, 0.2) is 60.1 Å². The summed E-state index contributed by atoms with van der Waals surface area (Å²) in [7, 11) is -4.70. The Bertz CT molecular complexity index is 1640. The van der Waals surface area contributed by atoms with E-state index in [2.05, 4.69) is 4.18 Å². The van der Waals surface area contributed by atoms with E-state index in [0.717, 1.165) is 21.3 Å². The Morgan fingerprint density at radius 3 is 2.62 bits per heavy atom. The highest BCUT2D eigenvalue weighted by Gasteiger charge is 2.49. The van der Waals surface area contributed by atoms with Gasteiger partial charge in [-0.05, 0) is 60.5 Å². The van der Waals surface area contributed by atoms with Crippen LogP contribution < -0.4 is 8.92 Å². The molecule has 0 spiro atoms. The van der Waals surface area contributed by atoms with Crippen molar-refractivity contribution in [2.24, 2.45) is 0 Å². The molecule has 2 aromatic carbocycles. The summed E-state index contributed by atoms with van der Waals surface area (Å²) >= 11 is 1.51. The molecule has 0 saturated heterocycles. The summed E-state index contributed by atoms with van der Waals surface area (Å²) in [5.74, 6) is -0.877. The van der Waals surface area contributed by atoms with Gasteiger partial charge >= 0.3 is 15.6 Å². The number of carbonyl (C=O) groups is 1. The minimum Gasteiger partial charge on any atom is -0.493 e. The Labute approximate surface area is 227 Å². The molecular formula is C27H25F3N2O5S2. The van der Waals surface area contributed by atoms with Crippen molar-refractivity contribution in [2.75, 3.05) is 13.7 Å². The summed E-state index contributed by atoms with van der Waals surface area (Å²) in [4.78, 5) is 16.8. The maximum absolute atomic E-state index is 14.0. The molecule has 7 nitrogen and oxygen atoms in total. The van der Waals surface area contributed by atoms with Crippen LogP contribution in [0.3, 0.4) is 0 Å². The van der Waals surface area contributed by atoms with Gasteiger partial charge in [0.25, 0.3) is 5.91 Å². The van der Waals surface area contributed by atoms with E-state index in [4.69, 9.17) is 4.74 Å². The number of halogens is 3. The van der Waals surface area contributed by atoms with E-state index >= 15 is 0 Å². The molecule has 0 radical (unpaired) electrons. The summed E-state index contributed by atoms with van der Waals surface area (Å²) in [6, 6.07) is 13.5. The Hall–Kier alpha value is -3.51. The molecule has 2 aromatic heterocycles. The van der Waals surface area contributed by atoms with E-state index in [9.17, 15) is 26.4 Å². The van der Waals surface area contributed by atoms with Gasteiger partial charge in [0.1, 0.15) is 0 Å². The van der Waals surface area contributed by atoms with Gasteiger partial charge in [0.05, 0.1) is 18.7 Å². The van der Waals surface area contributed by atoms with Crippen LogP contribution in [0.1, 0.15) is 39.3 Å². The molecule has 1 unspecified atom stereocenters. The smallest absolute Gasteiger partial charge is 0.493 e. The molecule has 1 aliphatic heterocycles. The number of ether oxygens (including phenoxy) is 1. The van der Waals surface area contributed by atoms with Crippen molar-refractivity contribution in [3.8, 4) is 11.5 Å². The van der Waals surface area contributed by atoms with Crippen LogP contribution in [-0.4, -0.2) is 43.0 Å². The number of fused-ring (bicyclic) bond motifs is 2. The third-order valence-corrected chi connectivity index (χ3v) is 8.87. The lowest BCUT2D eigenvalue weighted by Crippen LogP contribution is -2.40. The van der Waals surface area contributed by atoms with Gasteiger partial charge in [-0.15, -0.1) is 11.3 Å². The molecule has 39 heavy (non-hydrogen) atoms. The van der Waals surface area contributed by atoms with Crippen molar-refractivity contribution in [1.82, 2.24) is 9.47 Å². The van der Waals surface area contributed by atoms with Crippen molar-refractivity contribution in [1.29, 1.82) is 0 Å². The van der Waals surface area contributed by atoms with Crippen molar-refractivity contribution < 1.29 is 35.3 Å². The normalized spacial score (nSPS) is 15.8. The van der Waals surface area contributed by atoms with E-state index in [-0.39, 0.29) is 18.1 Å². The first-order valence-corrected chi connectivity index (χ1v) is 14.5. The molecule has 4 aromatic rings. The lowest BCUT2D eigenvalue weighted by atomic mass is 9.94. The van der Waals surface area contributed by atoms with E-state index in [1.807, 2.05) is 53.4 Å². The maximum atomic E-state index is 14.0. The lowest BCUT2D eigenvalue weighted by Gasteiger charge is -2.36. The SMILES string of the molecule is CCn1cc(C(=O)N2CCc3ccsc3C2Cc2ccc(OC)c(OS(=O)(=O)C(F)(F)F)c2)c2ccccc21. The summed E-state index contributed by atoms with van der Waals surface area (Å²) in [5, 5.41) is 2.80. The number of hydrogen-bond acceptors (Lipinski definition) is 6. The lowest BCUT2D eigenvalue weighted by molar-refractivity contribution is -0.0500. The summed E-state index contributed by atoms with van der Waals surface area (Å²) < 4.78 is 73.9. The molecule has 0 bridgehead atoms. The molecule has 206 valence electrons. The number of amides is 1. The fourth-order valence-corrected chi connectivity index (χ4v) is 6.50. The molecule has 0 saturated carbocycles. The van der Waals surface area contributed by atoms with Crippen LogP contribution in [-0.2, 0) is 29.5 Å². The minimum absolute atomic E-state index is 0.146. The number of thiophene rings is 1. The number of benzene rings is 2. The van der Waals surface area contributed by atoms with E-state index < -0.39 is 27.4 Å². The van der Waals surface area contributed by atoms with E-state index in [1.165, 1.54) is 30.6 Å². The molecule has 0 fully saturated rings. The number of carbonyl (C=O) groups excluding carboxylic acids is 1. The highest BCUT2D eigenvalue weighted by Crippen LogP contribution is 2.40. The van der Waals surface area contributed by atoms with Crippen molar-refractivity contribution >= 4 is 38.3 Å². The second-order valence-electron chi connectivity index (χ2n) is 9.09. The van der Waals surface area contributed by atoms with Crippen LogP contribution in [0.2, 0.25) is 0 Å². The topological polar surface area (TPSA) is 77.8 Å². The zero-order valence-electron chi connectivity index (χ0n) is 21.1. The van der Waals surface area contributed by atoms with Crippen LogP contribution in [0.5, 0.6) is 11.5 Å². The van der Waals surface area contributed by atoms with Gasteiger partial charge < -0.3 is 18.4 Å². The third kappa shape index (κ3) is 4.98. The Kier molecular flexibility index (Phi) is 7.10. The van der Waals surface area contributed by atoms with Gasteiger partial charge in [-0.3, -0.25) is 4.79 Å². The zero-order chi connectivity index (χ0) is 27.9. The maximum Gasteiger partial charge on any atom is 0.534 e. The predicted octanol–water partition coefficient (Wildman–Crippen LogP) is 5.94. The van der Waals surface area contributed by atoms with Crippen molar-refractivity contribution in [3.63, 3.8) is 0 Å². The molecule has 5 rings (SSSR count). The van der Waals surface area contributed by atoms with Crippen LogP contribution >= 0.6 is 11.3 Å². The fourth-order valence-electron chi connectivity index (χ4n) is 4.97. The first-order valence-electron chi connectivity index (χ1n) is 12.2. The zero-order valence-corrected chi connectivity index (χ0v) is 22.7. The first kappa shape index (κ1) is 27.1. The number of aromatic nitrogens is 1. The standard InChI is InChI=1S/C27H25F3N2O5S2/c1-3-31-16-20(19-6-4-5-7-21(19)31)26(33)32-12-10-18-11-13-38-25(18)22(32)14-17-8-9-23(36-2)24(15-17)37-39(34,35)27(28,29)30/h4-9,11,13,15-16,22H,3,10,12,14H2,1-2H3. The summed E-state index contributed by atoms with van der Waals surface area (Å²) in [5.41, 5.74) is -2.47. The monoisotopic (exact) mass is 578 g/mol. The minimum atomic E-state index is -5.90. The first-order chi connectivity index (χ1) is 18.5. The van der Waals surface area contributed by atoms with Gasteiger partial charge in [-0.25, -0.2) is 0 Å². The highest BCUT2D eigenvalue weighted by atomic mass is 32.2. The quantitative estimate of drug-likeness (QED) is 0.200. The molecule has 0 aliphatic carbocycles. The number of alkyl halides is 3. The van der Waals surface area contributed by atoms with Crippen LogP contribution in [0.4, 0.5) is 13.2 Å². The number of rotatable bonds is 7. The van der Waals surface area contributed by atoms with Gasteiger partial charge in [-0.2, -0.15) is 21.6 Å². The second-order valence-corrected chi connectivity index (χ2v) is 11.6. The average molecular weight is 579 g/mol. The average Bonchev–Trinajstić information content (AvgIpc) is 3.53. The Morgan fingerprint density at radius 1 is 1.13 bits per heavy atom. The molecule has 12 heteroatoms. The molecule has 1 atom stereocenters. The fraction of sp³-hybridized carbons (Fsp3) is 0.296. The molecule has 3 heterocycles. The third-order valence-electron chi connectivity index (χ3n) is 6.84. The summed E-state index contributed by atoms with van der Waals surface area (Å²) in [6.45, 7) is 3.16. The Balaban J connectivity index is 1.52. The number of para-hydroxylation sites is 1. The number of methoxy groups -OCH3 is 1. The number of aryl methyl sites for hydroxylation is 1.